The molecule has 5 aliphatic rings. The lowest BCUT2D eigenvalue weighted by Crippen LogP contribution is -2.66. The van der Waals surface area contributed by atoms with E-state index in [1.165, 1.54) is 18.4 Å². The smallest absolute Gasteiger partial charge is 0.309 e. The van der Waals surface area contributed by atoms with Gasteiger partial charge in [0.05, 0.1) is 5.41 Å². The number of hydrogen-bond donors (Lipinski definition) is 1. The van der Waals surface area contributed by atoms with Crippen LogP contribution in [0.15, 0.2) is 12.2 Å². The van der Waals surface area contributed by atoms with Crippen LogP contribution in [-0.2, 0) is 9.59 Å². The van der Waals surface area contributed by atoms with Gasteiger partial charge in [0.2, 0.25) is 0 Å². The SMILES string of the molecule is C=C(C)C1CC[C@]2(C(=O)O)CC[C@@]3(C)[C@@H](CC[C@H]4[C@@]5(C)CCC(=O)C(C)(C)[C@H]5CC[C@@]43C)[C@@H]12. The van der Waals surface area contributed by atoms with Crippen molar-refractivity contribution in [2.45, 2.75) is 106 Å². The molecule has 5 rings (SSSR count). The van der Waals surface area contributed by atoms with E-state index < -0.39 is 11.4 Å². The third-order valence-corrected chi connectivity index (χ3v) is 13.2. The van der Waals surface area contributed by atoms with E-state index in [0.717, 1.165) is 51.4 Å². The Hall–Kier alpha value is -1.12. The molecule has 3 nitrogen and oxygen atoms in total. The number of carbonyl (C=O) groups is 2. The highest BCUT2D eigenvalue weighted by atomic mass is 16.4. The lowest BCUT2D eigenvalue weighted by Gasteiger charge is -2.72. The van der Waals surface area contributed by atoms with Gasteiger partial charge in [0.15, 0.2) is 0 Å². The molecule has 5 aliphatic carbocycles. The number of aliphatic carboxylic acids is 1. The first-order valence-electron chi connectivity index (χ1n) is 13.7. The van der Waals surface area contributed by atoms with Gasteiger partial charge >= 0.3 is 5.97 Å². The summed E-state index contributed by atoms with van der Waals surface area (Å²) in [5.41, 5.74) is 1.03. The summed E-state index contributed by atoms with van der Waals surface area (Å²) in [7, 11) is 0. The van der Waals surface area contributed by atoms with Crippen LogP contribution in [0.3, 0.4) is 0 Å². The summed E-state index contributed by atoms with van der Waals surface area (Å²) in [5.74, 6) is 2.07. The zero-order chi connectivity index (χ0) is 24.2. The minimum atomic E-state index is -0.547. The van der Waals surface area contributed by atoms with Crippen molar-refractivity contribution in [3.05, 3.63) is 12.2 Å². The molecule has 1 unspecified atom stereocenters. The van der Waals surface area contributed by atoms with Gasteiger partial charge in [0.25, 0.3) is 0 Å². The first kappa shape index (κ1) is 23.6. The van der Waals surface area contributed by atoms with Crippen molar-refractivity contribution in [2.24, 2.45) is 56.7 Å². The molecule has 0 heterocycles. The lowest BCUT2D eigenvalue weighted by molar-refractivity contribution is -0.235. The van der Waals surface area contributed by atoms with Gasteiger partial charge < -0.3 is 5.11 Å². The molecule has 184 valence electrons. The van der Waals surface area contributed by atoms with Crippen molar-refractivity contribution in [3.8, 4) is 0 Å². The average Bonchev–Trinajstić information content (AvgIpc) is 3.13. The van der Waals surface area contributed by atoms with E-state index in [2.05, 4.69) is 48.1 Å². The van der Waals surface area contributed by atoms with E-state index in [-0.39, 0.29) is 27.6 Å². The van der Waals surface area contributed by atoms with Crippen LogP contribution in [-0.4, -0.2) is 16.9 Å². The van der Waals surface area contributed by atoms with Gasteiger partial charge in [0.1, 0.15) is 5.78 Å². The van der Waals surface area contributed by atoms with Crippen LogP contribution in [0, 0.1) is 56.7 Å². The minimum Gasteiger partial charge on any atom is -0.481 e. The molecular formula is C30H46O3. The Balaban J connectivity index is 1.57. The molecule has 9 atom stereocenters. The molecule has 0 aliphatic heterocycles. The van der Waals surface area contributed by atoms with E-state index in [1.807, 2.05) is 0 Å². The highest BCUT2D eigenvalue weighted by molar-refractivity contribution is 5.85. The second-order valence-electron chi connectivity index (χ2n) is 14.3. The molecule has 0 aromatic rings. The zero-order valence-electron chi connectivity index (χ0n) is 21.9. The monoisotopic (exact) mass is 454 g/mol. The fraction of sp³-hybridized carbons (Fsp3) is 0.867. The molecule has 1 N–H and O–H groups in total. The quantitative estimate of drug-likeness (QED) is 0.445. The summed E-state index contributed by atoms with van der Waals surface area (Å²) in [4.78, 5) is 25.7. The Morgan fingerprint density at radius 1 is 0.879 bits per heavy atom. The molecule has 3 heteroatoms. The molecule has 5 fully saturated rings. The summed E-state index contributed by atoms with van der Waals surface area (Å²) in [6, 6.07) is 0. The van der Waals surface area contributed by atoms with Crippen molar-refractivity contribution in [2.75, 3.05) is 0 Å². The fourth-order valence-electron chi connectivity index (χ4n) is 11.3. The van der Waals surface area contributed by atoms with E-state index in [1.54, 1.807) is 0 Å². The zero-order valence-corrected chi connectivity index (χ0v) is 21.9. The number of allylic oxidation sites excluding steroid dienone is 1. The number of carboxylic acids is 1. The molecule has 0 amide bonds. The van der Waals surface area contributed by atoms with Gasteiger partial charge in [-0.1, -0.05) is 46.8 Å². The number of Topliss-reactive ketones (excluding diaryl/α,β-unsaturated/α-hetero) is 1. The lowest BCUT2D eigenvalue weighted by atomic mass is 9.32. The molecule has 0 saturated heterocycles. The molecule has 33 heavy (non-hydrogen) atoms. The van der Waals surface area contributed by atoms with E-state index in [4.69, 9.17) is 0 Å². The summed E-state index contributed by atoms with van der Waals surface area (Å²) < 4.78 is 0. The second-order valence-corrected chi connectivity index (χ2v) is 14.3. The summed E-state index contributed by atoms with van der Waals surface area (Å²) in [5, 5.41) is 10.5. The topological polar surface area (TPSA) is 54.4 Å². The van der Waals surface area contributed by atoms with Gasteiger partial charge in [-0.05, 0) is 111 Å². The van der Waals surface area contributed by atoms with Crippen LogP contribution in [0.4, 0.5) is 0 Å². The van der Waals surface area contributed by atoms with Gasteiger partial charge in [-0.3, -0.25) is 9.59 Å². The third kappa shape index (κ3) is 2.69. The Kier molecular flexibility index (Phi) is 4.99. The average molecular weight is 455 g/mol. The second kappa shape index (κ2) is 6.97. The van der Waals surface area contributed by atoms with Gasteiger partial charge in [0, 0.05) is 11.8 Å². The number of rotatable bonds is 2. The van der Waals surface area contributed by atoms with E-state index in [0.29, 0.717) is 29.5 Å². The Morgan fingerprint density at radius 2 is 1.58 bits per heavy atom. The number of carbonyl (C=O) groups excluding carboxylic acids is 1. The number of ketones is 1. The maximum absolute atomic E-state index is 12.9. The molecule has 0 aromatic heterocycles. The standard InChI is InChI=1S/C30H46O3/c1-18(2)19-10-15-30(25(32)33)17-16-28(6)20(24(19)30)8-9-22-27(5)13-12-23(31)26(3,4)21(27)11-14-29(22,28)7/h19-22,24H,1,8-17H2,2-7H3,(H,32,33)/t19?,20-,21+,22-,24+,27-,28-,29-,30-/m0/s1. The summed E-state index contributed by atoms with van der Waals surface area (Å²) >= 11 is 0. The van der Waals surface area contributed by atoms with Crippen LogP contribution < -0.4 is 0 Å². The first-order valence-corrected chi connectivity index (χ1v) is 13.7. The van der Waals surface area contributed by atoms with Crippen molar-refractivity contribution in [1.29, 1.82) is 0 Å². The normalized spacial score (nSPS) is 52.8. The van der Waals surface area contributed by atoms with Crippen LogP contribution in [0.5, 0.6) is 0 Å². The van der Waals surface area contributed by atoms with Crippen LogP contribution in [0.2, 0.25) is 0 Å². The van der Waals surface area contributed by atoms with Gasteiger partial charge in [-0.25, -0.2) is 0 Å². The highest BCUT2D eigenvalue weighted by Crippen LogP contribution is 2.77. The maximum Gasteiger partial charge on any atom is 0.309 e. The highest BCUT2D eigenvalue weighted by Gasteiger charge is 2.72. The van der Waals surface area contributed by atoms with Crippen LogP contribution in [0.1, 0.15) is 106 Å². The van der Waals surface area contributed by atoms with Crippen molar-refractivity contribution in [1.82, 2.24) is 0 Å². The van der Waals surface area contributed by atoms with Crippen molar-refractivity contribution < 1.29 is 14.7 Å². The molecule has 5 saturated carbocycles. The molecule has 0 spiro atoms. The van der Waals surface area contributed by atoms with E-state index in [9.17, 15) is 14.7 Å². The van der Waals surface area contributed by atoms with Crippen molar-refractivity contribution in [3.63, 3.8) is 0 Å². The number of hydrogen-bond acceptors (Lipinski definition) is 2. The summed E-state index contributed by atoms with van der Waals surface area (Å²) in [6.07, 6.45) is 10.1. The Morgan fingerprint density at radius 3 is 2.21 bits per heavy atom. The molecular weight excluding hydrogens is 408 g/mol. The Labute approximate surface area is 201 Å². The number of fused-ring (bicyclic) bond motifs is 7. The molecule has 0 aromatic carbocycles. The Bertz CT molecular complexity index is 902. The first-order chi connectivity index (χ1) is 15.3. The fourth-order valence-corrected chi connectivity index (χ4v) is 11.3. The summed E-state index contributed by atoms with van der Waals surface area (Å²) in [6.45, 7) is 18.5. The predicted octanol–water partition coefficient (Wildman–Crippen LogP) is 7.30. The molecule has 0 radical (unpaired) electrons. The largest absolute Gasteiger partial charge is 0.481 e. The number of carboxylic acid groups (broad SMARTS) is 1. The van der Waals surface area contributed by atoms with Crippen LogP contribution >= 0.6 is 0 Å². The predicted molar refractivity (Wildman–Crippen MR) is 132 cm³/mol. The van der Waals surface area contributed by atoms with Crippen LogP contribution in [0.25, 0.3) is 0 Å². The third-order valence-electron chi connectivity index (χ3n) is 13.2. The minimum absolute atomic E-state index is 0.164. The van der Waals surface area contributed by atoms with Crippen molar-refractivity contribution >= 4 is 11.8 Å². The van der Waals surface area contributed by atoms with Gasteiger partial charge in [-0.15, -0.1) is 0 Å². The maximum atomic E-state index is 12.9. The van der Waals surface area contributed by atoms with Gasteiger partial charge in [-0.2, -0.15) is 0 Å². The van der Waals surface area contributed by atoms with E-state index >= 15 is 0 Å². The molecule has 0 bridgehead atoms.